The van der Waals surface area contributed by atoms with Gasteiger partial charge in [0.25, 0.3) is 0 Å². The fraction of sp³-hybridized carbons (Fsp3) is 0.500. The van der Waals surface area contributed by atoms with Crippen LogP contribution in [0.2, 0.25) is 0 Å². The molecular formula is C12H12S. The fourth-order valence-corrected chi connectivity index (χ4v) is 4.53. The van der Waals surface area contributed by atoms with Crippen LogP contribution < -0.4 is 0 Å². The molecule has 1 aliphatic heterocycles. The summed E-state index contributed by atoms with van der Waals surface area (Å²) in [6, 6.07) is 0. The molecular weight excluding hydrogens is 176 g/mol. The molecule has 13 heavy (non-hydrogen) atoms. The Bertz CT molecular complexity index is 384. The molecule has 4 aliphatic rings. The van der Waals surface area contributed by atoms with E-state index in [0.29, 0.717) is 0 Å². The minimum absolute atomic E-state index is 0.832. The largest absolute Gasteiger partial charge is 0.121 e. The predicted molar refractivity (Wildman–Crippen MR) is 56.5 cm³/mol. The first-order chi connectivity index (χ1) is 6.43. The molecule has 0 bridgehead atoms. The number of allylic oxidation sites excluding steroid dienone is 5. The summed E-state index contributed by atoms with van der Waals surface area (Å²) in [4.78, 5) is 1.74. The lowest BCUT2D eigenvalue weighted by Crippen LogP contribution is -2.02. The van der Waals surface area contributed by atoms with Gasteiger partial charge < -0.3 is 0 Å². The van der Waals surface area contributed by atoms with E-state index in [1.807, 2.05) is 0 Å². The molecule has 3 aliphatic carbocycles. The average molecular weight is 188 g/mol. The minimum Gasteiger partial charge on any atom is -0.121 e. The number of thioether (sulfide) groups is 1. The van der Waals surface area contributed by atoms with Crippen LogP contribution in [-0.4, -0.2) is 5.25 Å². The number of hydrogen-bond donors (Lipinski definition) is 0. The predicted octanol–water partition coefficient (Wildman–Crippen LogP) is 3.43. The summed E-state index contributed by atoms with van der Waals surface area (Å²) in [7, 11) is 0. The molecule has 2 unspecified atom stereocenters. The molecule has 0 N–H and O–H groups in total. The second kappa shape index (κ2) is 2.14. The van der Waals surface area contributed by atoms with Gasteiger partial charge in [0, 0.05) is 11.2 Å². The Morgan fingerprint density at radius 1 is 1.23 bits per heavy atom. The standard InChI is InChI=1S/C12H12S/c1-2-4-11-8(3-1)10-6-7-5-9(7)12(10)13-11/h5-6,9,12H,1-4H2. The molecule has 0 radical (unpaired) electrons. The highest BCUT2D eigenvalue weighted by Gasteiger charge is 2.46. The van der Waals surface area contributed by atoms with E-state index in [1.54, 1.807) is 21.6 Å². The summed E-state index contributed by atoms with van der Waals surface area (Å²) in [6.07, 6.45) is 10.5. The van der Waals surface area contributed by atoms with E-state index in [2.05, 4.69) is 23.9 Å². The van der Waals surface area contributed by atoms with E-state index in [-0.39, 0.29) is 0 Å². The highest BCUT2D eigenvalue weighted by atomic mass is 32.2. The van der Waals surface area contributed by atoms with Gasteiger partial charge >= 0.3 is 0 Å². The molecule has 1 heteroatoms. The summed E-state index contributed by atoms with van der Waals surface area (Å²) in [5.74, 6) is 0.852. The Labute approximate surface area is 82.8 Å². The molecule has 1 heterocycles. The van der Waals surface area contributed by atoms with Gasteiger partial charge in [-0.1, -0.05) is 12.2 Å². The van der Waals surface area contributed by atoms with Gasteiger partial charge in [-0.2, -0.15) is 0 Å². The van der Waals surface area contributed by atoms with E-state index in [1.165, 1.54) is 25.7 Å². The van der Waals surface area contributed by atoms with Crippen molar-refractivity contribution in [1.82, 2.24) is 0 Å². The van der Waals surface area contributed by atoms with Gasteiger partial charge in [0.1, 0.15) is 0 Å². The van der Waals surface area contributed by atoms with Gasteiger partial charge in [0.15, 0.2) is 0 Å². The SMILES string of the molecule is C1=C2C=C3C4=C(CCCC4)SC3C12. The van der Waals surface area contributed by atoms with Crippen LogP contribution in [0.25, 0.3) is 0 Å². The molecule has 4 rings (SSSR count). The second-order valence-electron chi connectivity index (χ2n) is 4.44. The molecule has 0 saturated heterocycles. The maximum absolute atomic E-state index is 2.47. The van der Waals surface area contributed by atoms with Crippen molar-refractivity contribution in [3.05, 3.63) is 33.8 Å². The third-order valence-electron chi connectivity index (χ3n) is 3.64. The van der Waals surface area contributed by atoms with Gasteiger partial charge in [-0.3, -0.25) is 0 Å². The summed E-state index contributed by atoms with van der Waals surface area (Å²) in [5.41, 5.74) is 5.08. The van der Waals surface area contributed by atoms with Crippen molar-refractivity contribution >= 4 is 11.8 Å². The highest BCUT2D eigenvalue weighted by Crippen LogP contribution is 2.59. The Balaban J connectivity index is 1.82. The fourth-order valence-electron chi connectivity index (χ4n) is 2.88. The second-order valence-corrected chi connectivity index (χ2v) is 5.68. The van der Waals surface area contributed by atoms with Crippen LogP contribution in [-0.2, 0) is 0 Å². The molecule has 0 fully saturated rings. The van der Waals surface area contributed by atoms with E-state index in [4.69, 9.17) is 0 Å². The first-order valence-corrected chi connectivity index (χ1v) is 6.14. The molecule has 66 valence electrons. The highest BCUT2D eigenvalue weighted by molar-refractivity contribution is 8.04. The Morgan fingerprint density at radius 2 is 2.15 bits per heavy atom. The van der Waals surface area contributed by atoms with Crippen LogP contribution in [0, 0.1) is 5.92 Å². The van der Waals surface area contributed by atoms with Gasteiger partial charge in [-0.25, -0.2) is 0 Å². The topological polar surface area (TPSA) is 0 Å². The zero-order valence-corrected chi connectivity index (χ0v) is 8.36. The Kier molecular flexibility index (Phi) is 1.14. The summed E-state index contributed by atoms with van der Waals surface area (Å²) in [5, 5.41) is 0.832. The van der Waals surface area contributed by atoms with Gasteiger partial charge in [-0.05, 0) is 47.3 Å². The van der Waals surface area contributed by atoms with E-state index in [0.717, 1.165) is 11.2 Å². The van der Waals surface area contributed by atoms with Gasteiger partial charge in [0.2, 0.25) is 0 Å². The van der Waals surface area contributed by atoms with E-state index < -0.39 is 0 Å². The smallest absolute Gasteiger partial charge is 0.0447 e. The maximum atomic E-state index is 2.47. The van der Waals surface area contributed by atoms with Crippen molar-refractivity contribution in [2.24, 2.45) is 5.92 Å². The van der Waals surface area contributed by atoms with Crippen LogP contribution >= 0.6 is 11.8 Å². The Morgan fingerprint density at radius 3 is 3.15 bits per heavy atom. The molecule has 0 aromatic rings. The number of rotatable bonds is 0. The third kappa shape index (κ3) is 0.792. The van der Waals surface area contributed by atoms with E-state index in [9.17, 15) is 0 Å². The zero-order valence-electron chi connectivity index (χ0n) is 7.55. The van der Waals surface area contributed by atoms with Gasteiger partial charge in [-0.15, -0.1) is 11.8 Å². The lowest BCUT2D eigenvalue weighted by molar-refractivity contribution is 0.701. The number of hydrogen-bond acceptors (Lipinski definition) is 1. The summed E-state index contributed by atoms with van der Waals surface area (Å²) >= 11 is 2.17. The molecule has 0 spiro atoms. The lowest BCUT2D eigenvalue weighted by atomic mass is 9.92. The minimum atomic E-state index is 0.832. The van der Waals surface area contributed by atoms with Crippen LogP contribution in [0.4, 0.5) is 0 Å². The van der Waals surface area contributed by atoms with Gasteiger partial charge in [0.05, 0.1) is 0 Å². The normalized spacial score (nSPS) is 39.4. The molecule has 2 atom stereocenters. The lowest BCUT2D eigenvalue weighted by Gasteiger charge is -2.12. The van der Waals surface area contributed by atoms with E-state index >= 15 is 0 Å². The quantitative estimate of drug-likeness (QED) is 0.561. The van der Waals surface area contributed by atoms with Crippen LogP contribution in [0.5, 0.6) is 0 Å². The first kappa shape index (κ1) is 6.94. The third-order valence-corrected chi connectivity index (χ3v) is 5.17. The zero-order chi connectivity index (χ0) is 8.41. The van der Waals surface area contributed by atoms with Crippen LogP contribution in [0.1, 0.15) is 25.7 Å². The molecule has 0 aromatic heterocycles. The first-order valence-electron chi connectivity index (χ1n) is 5.26. The van der Waals surface area contributed by atoms with Crippen molar-refractivity contribution in [3.63, 3.8) is 0 Å². The maximum Gasteiger partial charge on any atom is 0.0447 e. The monoisotopic (exact) mass is 188 g/mol. The van der Waals surface area contributed by atoms with Crippen molar-refractivity contribution < 1.29 is 0 Å². The van der Waals surface area contributed by atoms with Crippen molar-refractivity contribution in [2.45, 2.75) is 30.9 Å². The molecule has 0 saturated carbocycles. The molecule has 0 amide bonds. The average Bonchev–Trinajstić information content (AvgIpc) is 2.68. The Hall–Kier alpha value is -0.430. The van der Waals surface area contributed by atoms with Crippen LogP contribution in [0.3, 0.4) is 0 Å². The summed E-state index contributed by atoms with van der Waals surface area (Å²) < 4.78 is 0. The molecule has 0 aromatic carbocycles. The number of fused-ring (bicyclic) bond motifs is 4. The van der Waals surface area contributed by atoms with Crippen molar-refractivity contribution in [2.75, 3.05) is 0 Å². The van der Waals surface area contributed by atoms with Crippen molar-refractivity contribution in [3.8, 4) is 0 Å². The van der Waals surface area contributed by atoms with Crippen molar-refractivity contribution in [1.29, 1.82) is 0 Å². The molecule has 0 nitrogen and oxygen atoms in total. The summed E-state index contributed by atoms with van der Waals surface area (Å²) in [6.45, 7) is 0. The van der Waals surface area contributed by atoms with Crippen LogP contribution in [0.15, 0.2) is 33.8 Å².